The third kappa shape index (κ3) is 4.55. The smallest absolute Gasteiger partial charge is 0.292 e. The van der Waals surface area contributed by atoms with Gasteiger partial charge in [0.05, 0.1) is 11.5 Å². The number of nitro groups is 1. The van der Waals surface area contributed by atoms with Crippen molar-refractivity contribution in [1.82, 2.24) is 0 Å². The molecule has 0 aromatic heterocycles. The Hall–Kier alpha value is -2.89. The number of nitrogens with zero attached hydrogens (tertiary/aromatic N) is 1. The van der Waals surface area contributed by atoms with Crippen LogP contribution < -0.4 is 10.1 Å². The van der Waals surface area contributed by atoms with Crippen LogP contribution in [0.5, 0.6) is 5.75 Å². The number of hydrogen-bond acceptors (Lipinski definition) is 4. The van der Waals surface area contributed by atoms with E-state index in [-0.39, 0.29) is 23.7 Å². The second kappa shape index (κ2) is 8.10. The summed E-state index contributed by atoms with van der Waals surface area (Å²) in [5, 5.41) is 13.5. The van der Waals surface area contributed by atoms with Crippen molar-refractivity contribution >= 4 is 17.3 Å². The Balaban J connectivity index is 1.82. The summed E-state index contributed by atoms with van der Waals surface area (Å²) in [5.74, 6) is 0.544. The Bertz CT molecular complexity index is 744. The van der Waals surface area contributed by atoms with Crippen LogP contribution in [0.2, 0.25) is 0 Å². The van der Waals surface area contributed by atoms with Crippen molar-refractivity contribution in [2.24, 2.45) is 0 Å². The highest BCUT2D eigenvalue weighted by Crippen LogP contribution is 2.23. The zero-order valence-corrected chi connectivity index (χ0v) is 13.7. The summed E-state index contributed by atoms with van der Waals surface area (Å²) < 4.78 is 5.69. The highest BCUT2D eigenvalue weighted by Gasteiger charge is 2.14. The lowest BCUT2D eigenvalue weighted by Gasteiger charge is -2.11. The molecule has 0 atom stereocenters. The van der Waals surface area contributed by atoms with E-state index in [1.165, 1.54) is 12.1 Å². The predicted octanol–water partition coefficient (Wildman–Crippen LogP) is 4.01. The third-order valence-electron chi connectivity index (χ3n) is 3.74. The van der Waals surface area contributed by atoms with E-state index < -0.39 is 4.92 Å². The molecule has 2 aromatic carbocycles. The van der Waals surface area contributed by atoms with E-state index in [2.05, 4.69) is 5.32 Å². The third-order valence-corrected chi connectivity index (χ3v) is 3.74. The van der Waals surface area contributed by atoms with Crippen LogP contribution in [0.4, 0.5) is 11.4 Å². The number of amides is 1. The van der Waals surface area contributed by atoms with E-state index in [0.717, 1.165) is 16.9 Å². The molecule has 0 aliphatic heterocycles. The minimum atomic E-state index is -0.515. The number of para-hydroxylation sites is 2. The van der Waals surface area contributed by atoms with Crippen LogP contribution in [0.25, 0.3) is 0 Å². The number of nitro benzene ring substituents is 1. The minimum absolute atomic E-state index is 0.113. The van der Waals surface area contributed by atoms with Crippen LogP contribution in [0, 0.1) is 24.0 Å². The summed E-state index contributed by atoms with van der Waals surface area (Å²) in [7, 11) is 0. The second-order valence-electron chi connectivity index (χ2n) is 5.47. The molecule has 0 heterocycles. The van der Waals surface area contributed by atoms with Crippen molar-refractivity contribution in [3.8, 4) is 5.75 Å². The maximum absolute atomic E-state index is 11.9. The van der Waals surface area contributed by atoms with E-state index >= 15 is 0 Å². The van der Waals surface area contributed by atoms with Gasteiger partial charge in [-0.1, -0.05) is 24.3 Å². The number of hydrogen-bond donors (Lipinski definition) is 1. The van der Waals surface area contributed by atoms with Crippen molar-refractivity contribution in [3.63, 3.8) is 0 Å². The average molecular weight is 328 g/mol. The molecule has 2 rings (SSSR count). The molecule has 6 nitrogen and oxygen atoms in total. The number of nitrogens with one attached hydrogen (secondary N) is 1. The zero-order valence-electron chi connectivity index (χ0n) is 13.7. The second-order valence-corrected chi connectivity index (χ2v) is 5.47. The van der Waals surface area contributed by atoms with E-state index in [9.17, 15) is 14.9 Å². The summed E-state index contributed by atoms with van der Waals surface area (Å²) in [6.07, 6.45) is 0.761. The first-order valence-electron chi connectivity index (χ1n) is 7.71. The number of rotatable bonds is 7. The fourth-order valence-electron chi connectivity index (χ4n) is 2.25. The maximum Gasteiger partial charge on any atom is 0.292 e. The SMILES string of the molecule is Cc1cccc(OCCCC(=O)Nc2ccccc2[N+](=O)[O-])c1C. The highest BCUT2D eigenvalue weighted by atomic mass is 16.6. The van der Waals surface area contributed by atoms with Gasteiger partial charge in [0.1, 0.15) is 11.4 Å². The van der Waals surface area contributed by atoms with Gasteiger partial charge in [0.2, 0.25) is 5.91 Å². The topological polar surface area (TPSA) is 81.5 Å². The zero-order chi connectivity index (χ0) is 17.5. The Morgan fingerprint density at radius 1 is 1.17 bits per heavy atom. The van der Waals surface area contributed by atoms with Crippen LogP contribution in [-0.2, 0) is 4.79 Å². The fraction of sp³-hybridized carbons (Fsp3) is 0.278. The van der Waals surface area contributed by atoms with E-state index in [0.29, 0.717) is 13.0 Å². The van der Waals surface area contributed by atoms with Crippen molar-refractivity contribution in [2.75, 3.05) is 11.9 Å². The molecule has 0 bridgehead atoms. The van der Waals surface area contributed by atoms with E-state index in [4.69, 9.17) is 4.74 Å². The summed E-state index contributed by atoms with van der Waals surface area (Å²) in [6, 6.07) is 11.9. The number of carbonyl (C=O) groups excluding carboxylic acids is 1. The molecule has 0 saturated heterocycles. The van der Waals surface area contributed by atoms with Gasteiger partial charge in [0.15, 0.2) is 0 Å². The summed E-state index contributed by atoms with van der Waals surface area (Å²) >= 11 is 0. The van der Waals surface area contributed by atoms with Gasteiger partial charge < -0.3 is 10.1 Å². The molecule has 0 saturated carbocycles. The standard InChI is InChI=1S/C18H20N2O4/c1-13-7-5-10-17(14(13)2)24-12-6-11-18(21)19-15-8-3-4-9-16(15)20(22)23/h3-5,7-10H,6,11-12H2,1-2H3,(H,19,21). The molecule has 6 heteroatoms. The van der Waals surface area contributed by atoms with Gasteiger partial charge in [-0.05, 0) is 43.5 Å². The Morgan fingerprint density at radius 2 is 1.92 bits per heavy atom. The Kier molecular flexibility index (Phi) is 5.89. The summed E-state index contributed by atoms with van der Waals surface area (Å²) in [4.78, 5) is 22.3. The first-order valence-corrected chi connectivity index (χ1v) is 7.71. The van der Waals surface area contributed by atoms with Crippen molar-refractivity contribution in [1.29, 1.82) is 0 Å². The molecule has 0 aliphatic rings. The van der Waals surface area contributed by atoms with Gasteiger partial charge in [0.25, 0.3) is 5.69 Å². The largest absolute Gasteiger partial charge is 0.493 e. The average Bonchev–Trinajstić information content (AvgIpc) is 2.55. The van der Waals surface area contributed by atoms with Gasteiger partial charge in [0, 0.05) is 12.5 Å². The van der Waals surface area contributed by atoms with Crippen LogP contribution in [0.15, 0.2) is 42.5 Å². The molecular formula is C18H20N2O4. The minimum Gasteiger partial charge on any atom is -0.493 e. The molecule has 1 N–H and O–H groups in total. The Morgan fingerprint density at radius 3 is 2.67 bits per heavy atom. The number of benzene rings is 2. The monoisotopic (exact) mass is 328 g/mol. The van der Waals surface area contributed by atoms with Gasteiger partial charge in [-0.2, -0.15) is 0 Å². The van der Waals surface area contributed by atoms with Gasteiger partial charge in [-0.25, -0.2) is 0 Å². The van der Waals surface area contributed by atoms with Gasteiger partial charge in [-0.15, -0.1) is 0 Å². The fourth-order valence-corrected chi connectivity index (χ4v) is 2.25. The number of carbonyl (C=O) groups is 1. The van der Waals surface area contributed by atoms with Gasteiger partial charge in [-0.3, -0.25) is 14.9 Å². The lowest BCUT2D eigenvalue weighted by molar-refractivity contribution is -0.383. The lowest BCUT2D eigenvalue weighted by Crippen LogP contribution is -2.14. The molecule has 0 spiro atoms. The van der Waals surface area contributed by atoms with Crippen LogP contribution in [0.3, 0.4) is 0 Å². The molecule has 2 aromatic rings. The molecule has 24 heavy (non-hydrogen) atoms. The molecule has 126 valence electrons. The molecule has 0 unspecified atom stereocenters. The predicted molar refractivity (Wildman–Crippen MR) is 92.4 cm³/mol. The van der Waals surface area contributed by atoms with Crippen molar-refractivity contribution < 1.29 is 14.5 Å². The van der Waals surface area contributed by atoms with Crippen LogP contribution in [0.1, 0.15) is 24.0 Å². The van der Waals surface area contributed by atoms with Crippen LogP contribution in [-0.4, -0.2) is 17.4 Å². The maximum atomic E-state index is 11.9. The van der Waals surface area contributed by atoms with E-state index in [1.54, 1.807) is 12.1 Å². The molecule has 0 aliphatic carbocycles. The van der Waals surface area contributed by atoms with Crippen LogP contribution >= 0.6 is 0 Å². The normalized spacial score (nSPS) is 10.2. The number of anilines is 1. The first-order chi connectivity index (χ1) is 11.5. The van der Waals surface area contributed by atoms with Crippen molar-refractivity contribution in [2.45, 2.75) is 26.7 Å². The highest BCUT2D eigenvalue weighted by molar-refractivity contribution is 5.92. The molecule has 1 amide bonds. The molecule has 0 radical (unpaired) electrons. The number of aryl methyl sites for hydroxylation is 1. The van der Waals surface area contributed by atoms with Gasteiger partial charge >= 0.3 is 0 Å². The molecular weight excluding hydrogens is 308 g/mol. The quantitative estimate of drug-likeness (QED) is 0.473. The number of ether oxygens (including phenoxy) is 1. The summed E-state index contributed by atoms with van der Waals surface area (Å²) in [5.41, 5.74) is 2.34. The lowest BCUT2D eigenvalue weighted by atomic mass is 10.1. The van der Waals surface area contributed by atoms with Crippen molar-refractivity contribution in [3.05, 3.63) is 63.7 Å². The first kappa shape index (κ1) is 17.5. The molecule has 0 fully saturated rings. The van der Waals surface area contributed by atoms with E-state index in [1.807, 2.05) is 32.0 Å². The Labute approximate surface area is 140 Å². The summed E-state index contributed by atoms with van der Waals surface area (Å²) in [6.45, 7) is 4.42.